The fourth-order valence-corrected chi connectivity index (χ4v) is 1.75. The minimum atomic E-state index is -0.918. The van der Waals surface area contributed by atoms with E-state index in [-0.39, 0.29) is 17.6 Å². The van der Waals surface area contributed by atoms with Crippen LogP contribution in [-0.2, 0) is 0 Å². The number of carbonyl (C=O) groups is 1. The smallest absolute Gasteiger partial charge is 0.335 e. The van der Waals surface area contributed by atoms with Gasteiger partial charge in [-0.25, -0.2) is 4.79 Å². The van der Waals surface area contributed by atoms with Crippen LogP contribution >= 0.6 is 0 Å². The molecule has 0 bridgehead atoms. The number of nitrogens with one attached hydrogen (secondary N) is 1. The molecule has 0 amide bonds. The van der Waals surface area contributed by atoms with Crippen molar-refractivity contribution in [3.8, 4) is 0 Å². The fourth-order valence-electron chi connectivity index (χ4n) is 1.75. The van der Waals surface area contributed by atoms with Crippen molar-refractivity contribution in [2.75, 3.05) is 18.5 Å². The van der Waals surface area contributed by atoms with Crippen LogP contribution in [0.25, 0.3) is 0 Å². The number of hydrogen-bond donors (Lipinski definition) is 3. The first-order valence-electron chi connectivity index (χ1n) is 6.13. The molecule has 0 heterocycles. The van der Waals surface area contributed by atoms with E-state index in [2.05, 4.69) is 19.2 Å². The molecule has 1 aromatic rings. The summed E-state index contributed by atoms with van der Waals surface area (Å²) in [4.78, 5) is 10.8. The number of rotatable bonds is 7. The Bertz CT molecular complexity index is 402. The molecule has 18 heavy (non-hydrogen) atoms. The van der Waals surface area contributed by atoms with Gasteiger partial charge in [-0.3, -0.25) is 0 Å². The molecule has 4 nitrogen and oxygen atoms in total. The second-order valence-corrected chi connectivity index (χ2v) is 5.23. The average molecular weight is 251 g/mol. The molecule has 0 saturated carbocycles. The van der Waals surface area contributed by atoms with Gasteiger partial charge < -0.3 is 15.5 Å². The van der Waals surface area contributed by atoms with E-state index in [1.54, 1.807) is 18.2 Å². The topological polar surface area (TPSA) is 69.6 Å². The summed E-state index contributed by atoms with van der Waals surface area (Å²) in [5, 5.41) is 21.0. The highest BCUT2D eigenvalue weighted by Crippen LogP contribution is 2.23. The molecule has 0 unspecified atom stereocenters. The number of aromatic carboxylic acids is 1. The Balaban J connectivity index is 2.57. The van der Waals surface area contributed by atoms with Gasteiger partial charge in [0.25, 0.3) is 0 Å². The number of benzene rings is 1. The van der Waals surface area contributed by atoms with Gasteiger partial charge >= 0.3 is 5.97 Å². The van der Waals surface area contributed by atoms with Crippen LogP contribution in [0.4, 0.5) is 5.69 Å². The number of aliphatic hydroxyl groups is 1. The lowest BCUT2D eigenvalue weighted by Crippen LogP contribution is -2.23. The zero-order valence-corrected chi connectivity index (χ0v) is 10.9. The summed E-state index contributed by atoms with van der Waals surface area (Å²) in [5.74, 6) is -0.918. The van der Waals surface area contributed by atoms with Crippen LogP contribution in [0.3, 0.4) is 0 Å². The van der Waals surface area contributed by atoms with Crippen molar-refractivity contribution in [1.29, 1.82) is 0 Å². The lowest BCUT2D eigenvalue weighted by molar-refractivity contribution is 0.0697. The third-order valence-electron chi connectivity index (χ3n) is 2.89. The molecule has 1 aromatic carbocycles. The van der Waals surface area contributed by atoms with Gasteiger partial charge in [0, 0.05) is 18.8 Å². The molecule has 0 fully saturated rings. The largest absolute Gasteiger partial charge is 0.478 e. The molecule has 1 rings (SSSR count). The number of carboxylic acids is 1. The van der Waals surface area contributed by atoms with Crippen molar-refractivity contribution in [3.05, 3.63) is 29.8 Å². The Morgan fingerprint density at radius 2 is 2.11 bits per heavy atom. The van der Waals surface area contributed by atoms with Gasteiger partial charge in [0.05, 0.1) is 5.56 Å². The molecule has 0 saturated heterocycles. The van der Waals surface area contributed by atoms with Crippen LogP contribution in [0, 0.1) is 5.41 Å². The van der Waals surface area contributed by atoms with Crippen LogP contribution in [0.15, 0.2) is 24.3 Å². The first-order valence-corrected chi connectivity index (χ1v) is 6.13. The van der Waals surface area contributed by atoms with Crippen molar-refractivity contribution in [3.63, 3.8) is 0 Å². The van der Waals surface area contributed by atoms with E-state index in [1.807, 2.05) is 6.07 Å². The first kappa shape index (κ1) is 14.5. The molecular formula is C14H21NO3. The maximum atomic E-state index is 10.8. The molecule has 100 valence electrons. The van der Waals surface area contributed by atoms with Gasteiger partial charge in [-0.1, -0.05) is 19.9 Å². The van der Waals surface area contributed by atoms with E-state index in [9.17, 15) is 4.79 Å². The number of aliphatic hydroxyl groups excluding tert-OH is 1. The number of anilines is 1. The first-order chi connectivity index (χ1) is 8.44. The fraction of sp³-hybridized carbons (Fsp3) is 0.500. The molecule has 0 aliphatic heterocycles. The molecular weight excluding hydrogens is 230 g/mol. The predicted molar refractivity (Wildman–Crippen MR) is 72.0 cm³/mol. The molecule has 0 atom stereocenters. The highest BCUT2D eigenvalue weighted by atomic mass is 16.4. The lowest BCUT2D eigenvalue weighted by Gasteiger charge is -2.25. The van der Waals surface area contributed by atoms with E-state index in [1.165, 1.54) is 0 Å². The van der Waals surface area contributed by atoms with Gasteiger partial charge in [-0.05, 0) is 36.5 Å². The van der Waals surface area contributed by atoms with E-state index in [0.717, 1.165) is 25.1 Å². The Morgan fingerprint density at radius 1 is 1.39 bits per heavy atom. The van der Waals surface area contributed by atoms with E-state index in [0.29, 0.717) is 0 Å². The second kappa shape index (κ2) is 6.40. The summed E-state index contributed by atoms with van der Waals surface area (Å²) in [6, 6.07) is 6.79. The van der Waals surface area contributed by atoms with E-state index < -0.39 is 5.97 Å². The van der Waals surface area contributed by atoms with Crippen LogP contribution < -0.4 is 5.32 Å². The maximum absolute atomic E-state index is 10.8. The second-order valence-electron chi connectivity index (χ2n) is 5.23. The lowest BCUT2D eigenvalue weighted by atomic mass is 9.88. The Morgan fingerprint density at radius 3 is 2.72 bits per heavy atom. The van der Waals surface area contributed by atoms with Crippen LogP contribution in [-0.4, -0.2) is 29.3 Å². The zero-order chi connectivity index (χ0) is 13.6. The molecule has 3 N–H and O–H groups in total. The minimum Gasteiger partial charge on any atom is -0.478 e. The van der Waals surface area contributed by atoms with Crippen LogP contribution in [0.1, 0.15) is 37.0 Å². The molecule has 4 heteroatoms. The minimum absolute atomic E-state index is 0.0714. The Hall–Kier alpha value is -1.55. The molecule has 0 aliphatic rings. The summed E-state index contributed by atoms with van der Waals surface area (Å²) in [5.41, 5.74) is 1.17. The summed E-state index contributed by atoms with van der Waals surface area (Å²) in [6.45, 7) is 5.20. The van der Waals surface area contributed by atoms with Crippen molar-refractivity contribution < 1.29 is 15.0 Å². The van der Waals surface area contributed by atoms with Crippen LogP contribution in [0.2, 0.25) is 0 Å². The summed E-state index contributed by atoms with van der Waals surface area (Å²) in [7, 11) is 0. The third-order valence-corrected chi connectivity index (χ3v) is 2.89. The standard InChI is InChI=1S/C14H21NO3/c1-14(2,7-4-8-16)10-15-12-6-3-5-11(9-12)13(17)18/h3,5-6,9,15-16H,4,7-8,10H2,1-2H3,(H,17,18). The van der Waals surface area contributed by atoms with Gasteiger partial charge in [-0.15, -0.1) is 0 Å². The van der Waals surface area contributed by atoms with E-state index in [4.69, 9.17) is 10.2 Å². The highest BCUT2D eigenvalue weighted by Gasteiger charge is 2.17. The predicted octanol–water partition coefficient (Wildman–Crippen LogP) is 2.60. The quantitative estimate of drug-likeness (QED) is 0.696. The summed E-state index contributed by atoms with van der Waals surface area (Å²) < 4.78 is 0. The molecule has 0 aromatic heterocycles. The van der Waals surface area contributed by atoms with Crippen molar-refractivity contribution in [2.24, 2.45) is 5.41 Å². The number of carboxylic acid groups (broad SMARTS) is 1. The molecule has 0 aliphatic carbocycles. The van der Waals surface area contributed by atoms with Gasteiger partial charge in [0.15, 0.2) is 0 Å². The molecule has 0 spiro atoms. The summed E-state index contributed by atoms with van der Waals surface area (Å²) in [6.07, 6.45) is 1.71. The normalized spacial score (nSPS) is 11.3. The van der Waals surface area contributed by atoms with Crippen LogP contribution in [0.5, 0.6) is 0 Å². The third kappa shape index (κ3) is 4.75. The van der Waals surface area contributed by atoms with Crippen molar-refractivity contribution in [1.82, 2.24) is 0 Å². The van der Waals surface area contributed by atoms with Crippen molar-refractivity contribution >= 4 is 11.7 Å². The molecule has 0 radical (unpaired) electrons. The van der Waals surface area contributed by atoms with Gasteiger partial charge in [0.2, 0.25) is 0 Å². The maximum Gasteiger partial charge on any atom is 0.335 e. The average Bonchev–Trinajstić information content (AvgIpc) is 2.34. The Kier molecular flexibility index (Phi) is 5.16. The zero-order valence-electron chi connectivity index (χ0n) is 10.9. The SMILES string of the molecule is CC(C)(CCCO)CNc1cccc(C(=O)O)c1. The Labute approximate surface area is 108 Å². The number of hydrogen-bond acceptors (Lipinski definition) is 3. The highest BCUT2D eigenvalue weighted by molar-refractivity contribution is 5.88. The summed E-state index contributed by atoms with van der Waals surface area (Å²) >= 11 is 0. The van der Waals surface area contributed by atoms with Crippen molar-refractivity contribution in [2.45, 2.75) is 26.7 Å². The van der Waals surface area contributed by atoms with Gasteiger partial charge in [-0.2, -0.15) is 0 Å². The monoisotopic (exact) mass is 251 g/mol. The van der Waals surface area contributed by atoms with Gasteiger partial charge in [0.1, 0.15) is 0 Å². The van der Waals surface area contributed by atoms with E-state index >= 15 is 0 Å².